The Kier molecular flexibility index (Phi) is 3.03. The van der Waals surface area contributed by atoms with Crippen molar-refractivity contribution in [3.05, 3.63) is 51.8 Å². The van der Waals surface area contributed by atoms with Crippen LogP contribution in [0.4, 0.5) is 5.82 Å². The second-order valence-electron chi connectivity index (χ2n) is 5.58. The summed E-state index contributed by atoms with van der Waals surface area (Å²) >= 11 is 0. The van der Waals surface area contributed by atoms with Gasteiger partial charge in [-0.05, 0) is 16.5 Å². The molecular formula is C14H19N3O. The van der Waals surface area contributed by atoms with Gasteiger partial charge in [0, 0.05) is 6.07 Å². The zero-order chi connectivity index (χ0) is 13.3. The zero-order valence-electron chi connectivity index (χ0n) is 11.0. The first-order valence-corrected chi connectivity index (χ1v) is 6.01. The summed E-state index contributed by atoms with van der Waals surface area (Å²) in [6, 6.07) is 9.69. The van der Waals surface area contributed by atoms with Crippen LogP contribution in [0.15, 0.2) is 35.1 Å². The van der Waals surface area contributed by atoms with Crippen LogP contribution in [0.25, 0.3) is 0 Å². The predicted octanol–water partition coefficient (Wildman–Crippen LogP) is 2.10. The molecule has 2 rings (SSSR count). The van der Waals surface area contributed by atoms with Gasteiger partial charge < -0.3 is 5.73 Å². The molecule has 0 saturated carbocycles. The van der Waals surface area contributed by atoms with Crippen molar-refractivity contribution >= 4 is 5.82 Å². The van der Waals surface area contributed by atoms with Crippen molar-refractivity contribution in [2.24, 2.45) is 0 Å². The van der Waals surface area contributed by atoms with E-state index in [-0.39, 0.29) is 11.0 Å². The first-order chi connectivity index (χ1) is 8.36. The van der Waals surface area contributed by atoms with Crippen LogP contribution >= 0.6 is 0 Å². The molecule has 96 valence electrons. The Bertz CT molecular complexity index is 585. The summed E-state index contributed by atoms with van der Waals surface area (Å²) in [4.78, 5) is 11.5. The highest BCUT2D eigenvalue weighted by atomic mass is 16.1. The van der Waals surface area contributed by atoms with Crippen molar-refractivity contribution in [2.75, 3.05) is 5.73 Å². The molecule has 0 amide bonds. The molecule has 4 heteroatoms. The third kappa shape index (κ3) is 2.64. The average molecular weight is 245 g/mol. The minimum Gasteiger partial charge on any atom is -0.384 e. The molecular weight excluding hydrogens is 226 g/mol. The Morgan fingerprint density at radius 2 is 1.83 bits per heavy atom. The highest BCUT2D eigenvalue weighted by Crippen LogP contribution is 2.22. The largest absolute Gasteiger partial charge is 0.384 e. The van der Waals surface area contributed by atoms with Crippen molar-refractivity contribution in [3.8, 4) is 0 Å². The fourth-order valence-corrected chi connectivity index (χ4v) is 1.86. The Morgan fingerprint density at radius 3 is 2.28 bits per heavy atom. The maximum atomic E-state index is 11.5. The van der Waals surface area contributed by atoms with Crippen LogP contribution in [0.5, 0.6) is 0 Å². The van der Waals surface area contributed by atoms with Gasteiger partial charge >= 0.3 is 0 Å². The SMILES string of the molecule is CC(C)(C)c1ccc(Cn2[nH]c(N)cc2=O)cc1. The topological polar surface area (TPSA) is 63.8 Å². The number of hydrogen-bond acceptors (Lipinski definition) is 2. The van der Waals surface area contributed by atoms with Crippen LogP contribution in [-0.2, 0) is 12.0 Å². The van der Waals surface area contributed by atoms with Gasteiger partial charge in [0.15, 0.2) is 0 Å². The van der Waals surface area contributed by atoms with Crippen LogP contribution in [0.3, 0.4) is 0 Å². The molecule has 1 heterocycles. The summed E-state index contributed by atoms with van der Waals surface area (Å²) in [6.45, 7) is 7.05. The fraction of sp³-hybridized carbons (Fsp3) is 0.357. The molecule has 0 radical (unpaired) electrons. The van der Waals surface area contributed by atoms with Crippen molar-refractivity contribution in [1.29, 1.82) is 0 Å². The summed E-state index contributed by atoms with van der Waals surface area (Å²) < 4.78 is 1.50. The van der Waals surface area contributed by atoms with Crippen LogP contribution in [-0.4, -0.2) is 9.78 Å². The van der Waals surface area contributed by atoms with E-state index in [1.54, 1.807) is 0 Å². The first kappa shape index (κ1) is 12.5. The Balaban J connectivity index is 2.21. The van der Waals surface area contributed by atoms with E-state index >= 15 is 0 Å². The zero-order valence-corrected chi connectivity index (χ0v) is 11.0. The Morgan fingerprint density at radius 1 is 1.22 bits per heavy atom. The quantitative estimate of drug-likeness (QED) is 0.851. The number of aromatic amines is 1. The highest BCUT2D eigenvalue weighted by Gasteiger charge is 2.12. The number of benzene rings is 1. The van der Waals surface area contributed by atoms with E-state index in [4.69, 9.17) is 5.73 Å². The van der Waals surface area contributed by atoms with E-state index in [1.807, 2.05) is 12.1 Å². The van der Waals surface area contributed by atoms with Crippen LogP contribution < -0.4 is 11.3 Å². The van der Waals surface area contributed by atoms with Gasteiger partial charge in [-0.1, -0.05) is 45.0 Å². The minimum atomic E-state index is -0.104. The summed E-state index contributed by atoms with van der Waals surface area (Å²) in [6.07, 6.45) is 0. The van der Waals surface area contributed by atoms with Crippen LogP contribution in [0.1, 0.15) is 31.9 Å². The number of nitrogens with one attached hydrogen (secondary N) is 1. The van der Waals surface area contributed by atoms with Gasteiger partial charge in [0.05, 0.1) is 6.54 Å². The summed E-state index contributed by atoms with van der Waals surface area (Å²) in [5.41, 5.74) is 7.94. The minimum absolute atomic E-state index is 0.104. The van der Waals surface area contributed by atoms with Crippen molar-refractivity contribution in [3.63, 3.8) is 0 Å². The third-order valence-corrected chi connectivity index (χ3v) is 2.97. The molecule has 3 N–H and O–H groups in total. The molecule has 2 aromatic rings. The summed E-state index contributed by atoms with van der Waals surface area (Å²) in [7, 11) is 0. The lowest BCUT2D eigenvalue weighted by molar-refractivity contribution is 0.589. The number of nitrogens with two attached hydrogens (primary N) is 1. The van der Waals surface area contributed by atoms with Crippen LogP contribution in [0, 0.1) is 0 Å². The van der Waals surface area contributed by atoms with Gasteiger partial charge in [0.25, 0.3) is 5.56 Å². The van der Waals surface area contributed by atoms with Gasteiger partial charge in [-0.3, -0.25) is 9.89 Å². The normalized spacial score (nSPS) is 11.7. The molecule has 0 spiro atoms. The fourth-order valence-electron chi connectivity index (χ4n) is 1.86. The van der Waals surface area contributed by atoms with E-state index in [1.165, 1.54) is 16.3 Å². The maximum absolute atomic E-state index is 11.5. The van der Waals surface area contributed by atoms with E-state index in [9.17, 15) is 4.79 Å². The molecule has 0 saturated heterocycles. The molecule has 0 atom stereocenters. The lowest BCUT2D eigenvalue weighted by Gasteiger charge is -2.19. The molecule has 0 fully saturated rings. The number of aromatic nitrogens is 2. The summed E-state index contributed by atoms with van der Waals surface area (Å²) in [5.74, 6) is 0.395. The lowest BCUT2D eigenvalue weighted by atomic mass is 9.87. The first-order valence-electron chi connectivity index (χ1n) is 6.01. The highest BCUT2D eigenvalue weighted by molar-refractivity contribution is 5.28. The van der Waals surface area contributed by atoms with Crippen molar-refractivity contribution in [1.82, 2.24) is 9.78 Å². The smallest absolute Gasteiger partial charge is 0.268 e. The number of H-pyrrole nitrogens is 1. The second-order valence-corrected chi connectivity index (χ2v) is 5.58. The van der Waals surface area contributed by atoms with Gasteiger partial charge in [0.2, 0.25) is 0 Å². The molecule has 0 unspecified atom stereocenters. The van der Waals surface area contributed by atoms with E-state index in [0.29, 0.717) is 12.4 Å². The van der Waals surface area contributed by atoms with Gasteiger partial charge in [-0.2, -0.15) is 0 Å². The monoisotopic (exact) mass is 245 g/mol. The van der Waals surface area contributed by atoms with E-state index in [2.05, 4.69) is 38.0 Å². The Hall–Kier alpha value is -1.97. The number of nitrogen functional groups attached to an aromatic ring is 1. The molecule has 1 aromatic carbocycles. The predicted molar refractivity (Wildman–Crippen MR) is 73.7 cm³/mol. The van der Waals surface area contributed by atoms with Gasteiger partial charge in [-0.15, -0.1) is 0 Å². The second kappa shape index (κ2) is 4.37. The maximum Gasteiger partial charge on any atom is 0.268 e. The Labute approximate surface area is 106 Å². The van der Waals surface area contributed by atoms with E-state index in [0.717, 1.165) is 5.56 Å². The molecule has 0 aliphatic rings. The van der Waals surface area contributed by atoms with Crippen molar-refractivity contribution < 1.29 is 0 Å². The molecule has 0 bridgehead atoms. The number of hydrogen-bond donors (Lipinski definition) is 2. The molecule has 18 heavy (non-hydrogen) atoms. The average Bonchev–Trinajstić information content (AvgIpc) is 2.57. The summed E-state index contributed by atoms with van der Waals surface area (Å²) in [5, 5.41) is 2.82. The lowest BCUT2D eigenvalue weighted by Crippen LogP contribution is -2.17. The number of nitrogens with zero attached hydrogens (tertiary/aromatic N) is 1. The molecule has 0 aliphatic carbocycles. The van der Waals surface area contributed by atoms with Gasteiger partial charge in [-0.25, -0.2) is 4.68 Å². The van der Waals surface area contributed by atoms with Crippen molar-refractivity contribution in [2.45, 2.75) is 32.7 Å². The number of anilines is 1. The third-order valence-electron chi connectivity index (χ3n) is 2.97. The molecule has 0 aliphatic heterocycles. The number of rotatable bonds is 2. The van der Waals surface area contributed by atoms with E-state index < -0.39 is 0 Å². The molecule has 1 aromatic heterocycles. The van der Waals surface area contributed by atoms with Crippen LogP contribution in [0.2, 0.25) is 0 Å². The van der Waals surface area contributed by atoms with Gasteiger partial charge in [0.1, 0.15) is 5.82 Å². The molecule has 4 nitrogen and oxygen atoms in total. The standard InChI is InChI=1S/C14H19N3O/c1-14(2,3)11-6-4-10(5-7-11)9-17-13(18)8-12(15)16-17/h4-8,16H,9,15H2,1-3H3.